The van der Waals surface area contributed by atoms with Gasteiger partial charge >= 0.3 is 0 Å². The Hall–Kier alpha value is -0.540. The summed E-state index contributed by atoms with van der Waals surface area (Å²) < 4.78 is 0.986. The summed E-state index contributed by atoms with van der Waals surface area (Å²) in [7, 11) is 0. The molecule has 2 nitrogen and oxygen atoms in total. The summed E-state index contributed by atoms with van der Waals surface area (Å²) in [4.78, 5) is 2.42. The van der Waals surface area contributed by atoms with Crippen LogP contribution in [0.15, 0.2) is 22.7 Å². The molecule has 0 fully saturated rings. The van der Waals surface area contributed by atoms with E-state index in [0.717, 1.165) is 23.1 Å². The fraction of sp³-hybridized carbons (Fsp3) is 0.600. The molecule has 0 aliphatic carbocycles. The lowest BCUT2D eigenvalue weighted by molar-refractivity contribution is 0.281. The van der Waals surface area contributed by atoms with Gasteiger partial charge in [-0.25, -0.2) is 0 Å². The largest absolute Gasteiger partial charge is 0.392 e. The highest BCUT2D eigenvalue weighted by Gasteiger charge is 2.11. The van der Waals surface area contributed by atoms with Crippen LogP contribution in [-0.2, 0) is 6.61 Å². The number of rotatable bonds is 6. The molecule has 102 valence electrons. The highest BCUT2D eigenvalue weighted by molar-refractivity contribution is 9.10. The Balaban J connectivity index is 2.93. The summed E-state index contributed by atoms with van der Waals surface area (Å²) in [6.07, 6.45) is 0. The van der Waals surface area contributed by atoms with Crippen LogP contribution in [0.25, 0.3) is 0 Å². The number of hydrogen-bond acceptors (Lipinski definition) is 2. The molecule has 0 amide bonds. The van der Waals surface area contributed by atoms with Gasteiger partial charge in [0.2, 0.25) is 0 Å². The maximum atomic E-state index is 9.20. The van der Waals surface area contributed by atoms with E-state index in [4.69, 9.17) is 0 Å². The van der Waals surface area contributed by atoms with E-state index in [9.17, 15) is 5.11 Å². The lowest BCUT2D eigenvalue weighted by atomic mass is 10.1. The molecule has 0 heterocycles. The van der Waals surface area contributed by atoms with Crippen LogP contribution >= 0.6 is 15.9 Å². The summed E-state index contributed by atoms with van der Waals surface area (Å²) >= 11 is 3.52. The Morgan fingerprint density at radius 1 is 1.11 bits per heavy atom. The second-order valence-corrected chi connectivity index (χ2v) is 6.48. The van der Waals surface area contributed by atoms with Crippen LogP contribution in [0.1, 0.15) is 33.3 Å². The van der Waals surface area contributed by atoms with Crippen molar-refractivity contribution in [1.82, 2.24) is 0 Å². The molecule has 0 bridgehead atoms. The average Bonchev–Trinajstić information content (AvgIpc) is 2.26. The standard InChI is InChI=1S/C15H24BrNO/c1-11(2)8-17(9-12(3)4)14-6-5-13(10-18)15(16)7-14/h5-7,11-12,18H,8-10H2,1-4H3. The smallest absolute Gasteiger partial charge is 0.0692 e. The first-order valence-corrected chi connectivity index (χ1v) is 7.37. The third-order valence-corrected chi connectivity index (χ3v) is 3.48. The van der Waals surface area contributed by atoms with Crippen molar-refractivity contribution in [3.63, 3.8) is 0 Å². The van der Waals surface area contributed by atoms with Gasteiger partial charge in [0.05, 0.1) is 6.61 Å². The number of aliphatic hydroxyl groups excluding tert-OH is 1. The van der Waals surface area contributed by atoms with E-state index >= 15 is 0 Å². The van der Waals surface area contributed by atoms with Crippen LogP contribution in [0.3, 0.4) is 0 Å². The van der Waals surface area contributed by atoms with Crippen molar-refractivity contribution >= 4 is 21.6 Å². The molecular formula is C15H24BrNO. The zero-order valence-corrected chi connectivity index (χ0v) is 13.4. The first-order chi connectivity index (χ1) is 8.43. The van der Waals surface area contributed by atoms with Gasteiger partial charge in [0.25, 0.3) is 0 Å². The van der Waals surface area contributed by atoms with E-state index in [1.54, 1.807) is 0 Å². The summed E-state index contributed by atoms with van der Waals surface area (Å²) in [5.74, 6) is 1.28. The molecule has 1 N–H and O–H groups in total. The average molecular weight is 314 g/mol. The molecule has 0 unspecified atom stereocenters. The van der Waals surface area contributed by atoms with Crippen molar-refractivity contribution in [2.24, 2.45) is 11.8 Å². The minimum atomic E-state index is 0.0786. The van der Waals surface area contributed by atoms with Crippen molar-refractivity contribution in [3.05, 3.63) is 28.2 Å². The SMILES string of the molecule is CC(C)CN(CC(C)C)c1ccc(CO)c(Br)c1. The van der Waals surface area contributed by atoms with Gasteiger partial charge in [0.15, 0.2) is 0 Å². The van der Waals surface area contributed by atoms with Crippen LogP contribution in [0.2, 0.25) is 0 Å². The van der Waals surface area contributed by atoms with Crippen LogP contribution in [0.4, 0.5) is 5.69 Å². The van der Waals surface area contributed by atoms with Gasteiger partial charge in [-0.2, -0.15) is 0 Å². The molecule has 1 aromatic rings. The fourth-order valence-corrected chi connectivity index (χ4v) is 2.52. The first kappa shape index (κ1) is 15.5. The number of benzene rings is 1. The molecule has 0 radical (unpaired) electrons. The lowest BCUT2D eigenvalue weighted by Gasteiger charge is -2.29. The van der Waals surface area contributed by atoms with Gasteiger partial charge in [-0.3, -0.25) is 0 Å². The Morgan fingerprint density at radius 3 is 2.06 bits per heavy atom. The Morgan fingerprint density at radius 2 is 1.67 bits per heavy atom. The predicted octanol–water partition coefficient (Wildman–Crippen LogP) is 4.06. The van der Waals surface area contributed by atoms with Crippen LogP contribution in [0, 0.1) is 11.8 Å². The summed E-state index contributed by atoms with van der Waals surface area (Å²) in [5, 5.41) is 9.20. The minimum absolute atomic E-state index is 0.0786. The maximum Gasteiger partial charge on any atom is 0.0692 e. The summed E-state index contributed by atoms with van der Waals surface area (Å²) in [5.41, 5.74) is 2.16. The number of aliphatic hydroxyl groups is 1. The molecule has 0 aliphatic heterocycles. The number of hydrogen-bond donors (Lipinski definition) is 1. The molecule has 0 aliphatic rings. The summed E-state index contributed by atoms with van der Waals surface area (Å²) in [6, 6.07) is 6.20. The molecule has 18 heavy (non-hydrogen) atoms. The zero-order chi connectivity index (χ0) is 13.7. The van der Waals surface area contributed by atoms with Gasteiger partial charge < -0.3 is 10.0 Å². The second-order valence-electron chi connectivity index (χ2n) is 5.63. The molecule has 0 saturated heterocycles. The summed E-state index contributed by atoms with van der Waals surface area (Å²) in [6.45, 7) is 11.2. The Kier molecular flexibility index (Phi) is 6.16. The van der Waals surface area contributed by atoms with Crippen molar-refractivity contribution < 1.29 is 5.11 Å². The van der Waals surface area contributed by atoms with E-state index in [0.29, 0.717) is 11.8 Å². The lowest BCUT2D eigenvalue weighted by Crippen LogP contribution is -2.31. The normalized spacial score (nSPS) is 11.3. The van der Waals surface area contributed by atoms with Gasteiger partial charge in [-0.1, -0.05) is 49.7 Å². The fourth-order valence-electron chi connectivity index (χ4n) is 2.03. The highest BCUT2D eigenvalue weighted by Crippen LogP contribution is 2.25. The van der Waals surface area contributed by atoms with E-state index in [1.807, 2.05) is 6.07 Å². The van der Waals surface area contributed by atoms with Gasteiger partial charge in [0.1, 0.15) is 0 Å². The molecule has 1 aromatic carbocycles. The topological polar surface area (TPSA) is 23.5 Å². The molecule has 0 aromatic heterocycles. The number of anilines is 1. The number of halogens is 1. The first-order valence-electron chi connectivity index (χ1n) is 6.58. The van der Waals surface area contributed by atoms with Crippen LogP contribution in [-0.4, -0.2) is 18.2 Å². The molecule has 1 rings (SSSR count). The highest BCUT2D eigenvalue weighted by atomic mass is 79.9. The van der Waals surface area contributed by atoms with Crippen LogP contribution < -0.4 is 4.90 Å². The van der Waals surface area contributed by atoms with Gasteiger partial charge in [-0.15, -0.1) is 0 Å². The number of nitrogens with zero attached hydrogens (tertiary/aromatic N) is 1. The molecule has 3 heteroatoms. The van der Waals surface area contributed by atoms with E-state index in [-0.39, 0.29) is 6.61 Å². The Bertz CT molecular complexity index is 367. The van der Waals surface area contributed by atoms with Crippen molar-refractivity contribution in [3.8, 4) is 0 Å². The van der Waals surface area contributed by atoms with Crippen molar-refractivity contribution in [2.75, 3.05) is 18.0 Å². The van der Waals surface area contributed by atoms with Crippen LogP contribution in [0.5, 0.6) is 0 Å². The minimum Gasteiger partial charge on any atom is -0.392 e. The Labute approximate surface area is 119 Å². The monoisotopic (exact) mass is 313 g/mol. The van der Waals surface area contributed by atoms with Gasteiger partial charge in [-0.05, 0) is 29.5 Å². The molecular weight excluding hydrogens is 290 g/mol. The third kappa shape index (κ3) is 4.62. The van der Waals surface area contributed by atoms with E-state index in [1.165, 1.54) is 5.69 Å². The molecule has 0 atom stereocenters. The molecule has 0 spiro atoms. The second kappa shape index (κ2) is 7.15. The van der Waals surface area contributed by atoms with Crippen molar-refractivity contribution in [2.45, 2.75) is 34.3 Å². The maximum absolute atomic E-state index is 9.20. The third-order valence-electron chi connectivity index (χ3n) is 2.74. The molecule has 0 saturated carbocycles. The van der Waals surface area contributed by atoms with E-state index < -0.39 is 0 Å². The quantitative estimate of drug-likeness (QED) is 0.856. The van der Waals surface area contributed by atoms with Crippen molar-refractivity contribution in [1.29, 1.82) is 0 Å². The van der Waals surface area contributed by atoms with Gasteiger partial charge in [0, 0.05) is 23.2 Å². The zero-order valence-electron chi connectivity index (χ0n) is 11.8. The predicted molar refractivity (Wildman–Crippen MR) is 82.0 cm³/mol. The van der Waals surface area contributed by atoms with E-state index in [2.05, 4.69) is 60.7 Å².